The minimum Gasteiger partial charge on any atom is -0.486 e. The normalized spacial score (nSPS) is 12.4. The standard InChI is InChI=1S/C28H27N3O3/c32-28(29-15-5-4-8-20-6-2-1-3-7-20)22-11-9-21(10-12-22)24-19-25(31-30-24)23-13-14-26-27(18-23)34-17-16-33-26/h1-3,6-7,9-14,18-19H,4-5,8,15-17H2,(H,29,32)(H,30,31). The second kappa shape index (κ2) is 10.3. The number of hydrogen-bond acceptors (Lipinski definition) is 4. The van der Waals surface area contributed by atoms with Crippen LogP contribution in [-0.4, -0.2) is 35.9 Å². The monoisotopic (exact) mass is 453 g/mol. The molecule has 1 amide bonds. The van der Waals surface area contributed by atoms with Crippen LogP contribution in [0.5, 0.6) is 11.5 Å². The molecule has 0 fully saturated rings. The number of nitrogens with zero attached hydrogens (tertiary/aromatic N) is 1. The fourth-order valence-electron chi connectivity index (χ4n) is 4.02. The van der Waals surface area contributed by atoms with Gasteiger partial charge in [-0.05, 0) is 66.8 Å². The number of H-pyrrole nitrogens is 1. The summed E-state index contributed by atoms with van der Waals surface area (Å²) in [5.74, 6) is 1.45. The number of ether oxygens (including phenoxy) is 2. The Morgan fingerprint density at radius 2 is 1.62 bits per heavy atom. The van der Waals surface area contributed by atoms with E-state index in [-0.39, 0.29) is 5.91 Å². The number of nitrogens with one attached hydrogen (secondary N) is 2. The highest BCUT2D eigenvalue weighted by Gasteiger charge is 2.14. The van der Waals surface area contributed by atoms with Crippen LogP contribution < -0.4 is 14.8 Å². The van der Waals surface area contributed by atoms with E-state index >= 15 is 0 Å². The minimum absolute atomic E-state index is 0.0483. The predicted octanol–water partition coefficient (Wildman–Crippen LogP) is 5.27. The Morgan fingerprint density at radius 1 is 0.853 bits per heavy atom. The number of unbranched alkanes of at least 4 members (excludes halogenated alkanes) is 1. The summed E-state index contributed by atoms with van der Waals surface area (Å²) in [7, 11) is 0. The van der Waals surface area contributed by atoms with Crippen molar-refractivity contribution in [2.24, 2.45) is 0 Å². The first-order valence-corrected chi connectivity index (χ1v) is 11.6. The van der Waals surface area contributed by atoms with Gasteiger partial charge in [0.2, 0.25) is 0 Å². The van der Waals surface area contributed by atoms with Crippen molar-refractivity contribution in [3.05, 3.63) is 90.0 Å². The number of carbonyl (C=O) groups excluding carboxylic acids is 1. The molecule has 0 unspecified atom stereocenters. The smallest absolute Gasteiger partial charge is 0.251 e. The van der Waals surface area contributed by atoms with E-state index in [1.807, 2.05) is 54.6 Å². The molecule has 0 spiro atoms. The SMILES string of the molecule is O=C(NCCCCc1ccccc1)c1ccc(-c2cc(-c3ccc4c(c3)OCCO4)n[nH]2)cc1. The van der Waals surface area contributed by atoms with Gasteiger partial charge in [-0.2, -0.15) is 5.10 Å². The van der Waals surface area contributed by atoms with E-state index in [0.29, 0.717) is 25.3 Å². The van der Waals surface area contributed by atoms with Gasteiger partial charge >= 0.3 is 0 Å². The van der Waals surface area contributed by atoms with Crippen molar-refractivity contribution in [3.8, 4) is 34.0 Å². The van der Waals surface area contributed by atoms with Gasteiger partial charge in [-0.25, -0.2) is 0 Å². The van der Waals surface area contributed by atoms with E-state index < -0.39 is 0 Å². The number of rotatable bonds is 8. The fourth-order valence-corrected chi connectivity index (χ4v) is 4.02. The zero-order valence-corrected chi connectivity index (χ0v) is 18.9. The maximum Gasteiger partial charge on any atom is 0.251 e. The molecule has 3 aromatic carbocycles. The van der Waals surface area contributed by atoms with E-state index in [2.05, 4.69) is 39.8 Å². The van der Waals surface area contributed by atoms with Gasteiger partial charge < -0.3 is 14.8 Å². The van der Waals surface area contributed by atoms with Crippen molar-refractivity contribution in [2.75, 3.05) is 19.8 Å². The second-order valence-corrected chi connectivity index (χ2v) is 8.30. The van der Waals surface area contributed by atoms with Crippen LogP contribution in [0.4, 0.5) is 0 Å². The quantitative estimate of drug-likeness (QED) is 0.357. The molecule has 34 heavy (non-hydrogen) atoms. The van der Waals surface area contributed by atoms with Crippen LogP contribution in [0.1, 0.15) is 28.8 Å². The van der Waals surface area contributed by atoms with Crippen LogP contribution in [0.25, 0.3) is 22.5 Å². The first kappa shape index (κ1) is 21.8. The first-order valence-electron chi connectivity index (χ1n) is 11.6. The number of benzene rings is 3. The molecule has 1 aromatic heterocycles. The van der Waals surface area contributed by atoms with Crippen molar-refractivity contribution in [1.29, 1.82) is 0 Å². The molecule has 172 valence electrons. The van der Waals surface area contributed by atoms with Crippen molar-refractivity contribution in [1.82, 2.24) is 15.5 Å². The summed E-state index contributed by atoms with van der Waals surface area (Å²) in [4.78, 5) is 12.5. The molecular formula is C28H27N3O3. The molecule has 0 atom stereocenters. The number of aromatic nitrogens is 2. The Balaban J connectivity index is 1.15. The third kappa shape index (κ3) is 5.12. The van der Waals surface area contributed by atoms with Crippen LogP contribution in [0.3, 0.4) is 0 Å². The van der Waals surface area contributed by atoms with Crippen LogP contribution in [-0.2, 0) is 6.42 Å². The average molecular weight is 454 g/mol. The maximum absolute atomic E-state index is 12.5. The largest absolute Gasteiger partial charge is 0.486 e. The number of amides is 1. The lowest BCUT2D eigenvalue weighted by molar-refractivity contribution is 0.0953. The summed E-state index contributed by atoms with van der Waals surface area (Å²) in [6.07, 6.45) is 3.04. The molecule has 0 aliphatic carbocycles. The molecule has 6 nitrogen and oxygen atoms in total. The van der Waals surface area contributed by atoms with E-state index in [4.69, 9.17) is 9.47 Å². The number of hydrogen-bond donors (Lipinski definition) is 2. The summed E-state index contributed by atoms with van der Waals surface area (Å²) in [5, 5.41) is 10.6. The van der Waals surface area contributed by atoms with Gasteiger partial charge in [0.05, 0.1) is 11.4 Å². The van der Waals surface area contributed by atoms with E-state index in [1.165, 1.54) is 5.56 Å². The Morgan fingerprint density at radius 3 is 2.44 bits per heavy atom. The second-order valence-electron chi connectivity index (χ2n) is 8.30. The first-order chi connectivity index (χ1) is 16.8. The molecule has 2 N–H and O–H groups in total. The third-order valence-corrected chi connectivity index (χ3v) is 5.89. The summed E-state index contributed by atoms with van der Waals surface area (Å²) in [6, 6.07) is 25.8. The van der Waals surface area contributed by atoms with E-state index in [9.17, 15) is 4.79 Å². The summed E-state index contributed by atoms with van der Waals surface area (Å²) >= 11 is 0. The zero-order chi connectivity index (χ0) is 23.2. The molecule has 2 heterocycles. The topological polar surface area (TPSA) is 76.2 Å². The number of carbonyl (C=O) groups is 1. The lowest BCUT2D eigenvalue weighted by atomic mass is 10.1. The summed E-state index contributed by atoms with van der Waals surface area (Å²) in [5.41, 5.74) is 5.62. The molecule has 4 aromatic rings. The molecule has 6 heteroatoms. The molecule has 0 bridgehead atoms. The van der Waals surface area contributed by atoms with Gasteiger partial charge in [0.25, 0.3) is 5.91 Å². The highest BCUT2D eigenvalue weighted by atomic mass is 16.6. The van der Waals surface area contributed by atoms with Gasteiger partial charge in [0, 0.05) is 17.7 Å². The molecule has 0 saturated carbocycles. The molecule has 1 aliphatic heterocycles. The molecule has 0 saturated heterocycles. The van der Waals surface area contributed by atoms with E-state index in [1.54, 1.807) is 0 Å². The highest BCUT2D eigenvalue weighted by molar-refractivity contribution is 5.94. The van der Waals surface area contributed by atoms with Crippen molar-refractivity contribution in [2.45, 2.75) is 19.3 Å². The Bertz CT molecular complexity index is 1250. The van der Waals surface area contributed by atoms with Gasteiger partial charge in [-0.3, -0.25) is 9.89 Å². The highest BCUT2D eigenvalue weighted by Crippen LogP contribution is 2.34. The van der Waals surface area contributed by atoms with Gasteiger partial charge in [0.1, 0.15) is 13.2 Å². The molecule has 1 aliphatic rings. The fraction of sp³-hybridized carbons (Fsp3) is 0.214. The van der Waals surface area contributed by atoms with Gasteiger partial charge in [-0.15, -0.1) is 0 Å². The lowest BCUT2D eigenvalue weighted by Crippen LogP contribution is -2.24. The van der Waals surface area contributed by atoms with Crippen molar-refractivity contribution in [3.63, 3.8) is 0 Å². The predicted molar refractivity (Wildman–Crippen MR) is 132 cm³/mol. The van der Waals surface area contributed by atoms with Crippen LogP contribution in [0.15, 0.2) is 78.9 Å². The Labute approximate surface area is 198 Å². The maximum atomic E-state index is 12.5. The van der Waals surface area contributed by atoms with Gasteiger partial charge in [-0.1, -0.05) is 42.5 Å². The van der Waals surface area contributed by atoms with Crippen molar-refractivity contribution < 1.29 is 14.3 Å². The Hall–Kier alpha value is -4.06. The van der Waals surface area contributed by atoms with Gasteiger partial charge in [0.15, 0.2) is 11.5 Å². The number of fused-ring (bicyclic) bond motifs is 1. The lowest BCUT2D eigenvalue weighted by Gasteiger charge is -2.18. The number of aryl methyl sites for hydroxylation is 1. The van der Waals surface area contributed by atoms with Crippen LogP contribution in [0, 0.1) is 0 Å². The Kier molecular flexibility index (Phi) is 6.56. The van der Waals surface area contributed by atoms with Crippen LogP contribution >= 0.6 is 0 Å². The molecule has 0 radical (unpaired) electrons. The van der Waals surface area contributed by atoms with Crippen molar-refractivity contribution >= 4 is 5.91 Å². The molecule has 5 rings (SSSR count). The molecular weight excluding hydrogens is 426 g/mol. The minimum atomic E-state index is -0.0483. The average Bonchev–Trinajstić information content (AvgIpc) is 3.39. The third-order valence-electron chi connectivity index (χ3n) is 5.89. The van der Waals surface area contributed by atoms with E-state index in [0.717, 1.165) is 53.3 Å². The zero-order valence-electron chi connectivity index (χ0n) is 18.9. The summed E-state index contributed by atoms with van der Waals surface area (Å²) < 4.78 is 11.3. The summed E-state index contributed by atoms with van der Waals surface area (Å²) in [6.45, 7) is 1.80. The number of aromatic amines is 1. The van der Waals surface area contributed by atoms with Crippen LogP contribution in [0.2, 0.25) is 0 Å².